The molecule has 5 nitrogen and oxygen atoms in total. The number of nitrogens with one attached hydrogen (secondary N) is 2. The first-order chi connectivity index (χ1) is 12.2. The van der Waals surface area contributed by atoms with E-state index in [4.69, 9.17) is 0 Å². The lowest BCUT2D eigenvalue weighted by atomic mass is 10.2. The van der Waals surface area contributed by atoms with Gasteiger partial charge in [-0.1, -0.05) is 0 Å². The molecule has 0 bridgehead atoms. The Morgan fingerprint density at radius 2 is 1.84 bits per heavy atom. The zero-order valence-electron chi connectivity index (χ0n) is 13.2. The van der Waals surface area contributed by atoms with Crippen molar-refractivity contribution >= 4 is 33.4 Å². The summed E-state index contributed by atoms with van der Waals surface area (Å²) in [6, 6.07) is 10.9. The standard InChI is InChI=1S/C18H15BrFN5/c19-14-4-3-13(9-15(14)20)22-17-10-16(11-5-7-21-8-6-11)24-18(25-17)23-12-1-2-12/h3-10,12H,1-2H2,(H2,22,23,24,25). The van der Waals surface area contributed by atoms with E-state index in [0.29, 0.717) is 28.0 Å². The van der Waals surface area contributed by atoms with E-state index < -0.39 is 0 Å². The Hall–Kier alpha value is -2.54. The third-order valence-electron chi connectivity index (χ3n) is 3.80. The lowest BCUT2D eigenvalue weighted by Gasteiger charge is -2.11. The number of rotatable bonds is 5. The van der Waals surface area contributed by atoms with Crippen LogP contribution in [0.1, 0.15) is 12.8 Å². The number of hydrogen-bond donors (Lipinski definition) is 2. The summed E-state index contributed by atoms with van der Waals surface area (Å²) in [5.41, 5.74) is 2.35. The van der Waals surface area contributed by atoms with Gasteiger partial charge >= 0.3 is 0 Å². The van der Waals surface area contributed by atoms with Gasteiger partial charge in [0.2, 0.25) is 5.95 Å². The molecule has 2 aromatic heterocycles. The first-order valence-corrected chi connectivity index (χ1v) is 8.75. The molecule has 1 aliphatic rings. The molecule has 4 rings (SSSR count). The zero-order valence-corrected chi connectivity index (χ0v) is 14.8. The van der Waals surface area contributed by atoms with Crippen molar-refractivity contribution in [2.45, 2.75) is 18.9 Å². The predicted molar refractivity (Wildman–Crippen MR) is 99.3 cm³/mol. The maximum absolute atomic E-state index is 13.7. The largest absolute Gasteiger partial charge is 0.351 e. The Balaban J connectivity index is 1.68. The quantitative estimate of drug-likeness (QED) is 0.647. The number of aromatic nitrogens is 3. The molecule has 0 radical (unpaired) electrons. The second-order valence-electron chi connectivity index (χ2n) is 5.87. The van der Waals surface area contributed by atoms with Crippen LogP contribution in [0.25, 0.3) is 11.3 Å². The minimum atomic E-state index is -0.329. The molecule has 7 heteroatoms. The van der Waals surface area contributed by atoms with Gasteiger partial charge in [0.25, 0.3) is 0 Å². The summed E-state index contributed by atoms with van der Waals surface area (Å²) >= 11 is 3.16. The summed E-state index contributed by atoms with van der Waals surface area (Å²) in [5, 5.41) is 6.46. The summed E-state index contributed by atoms with van der Waals surface area (Å²) < 4.78 is 14.2. The molecule has 0 amide bonds. The van der Waals surface area contributed by atoms with Gasteiger partial charge in [-0.2, -0.15) is 4.98 Å². The number of halogens is 2. The second-order valence-corrected chi connectivity index (χ2v) is 6.72. The normalized spacial score (nSPS) is 13.5. The molecule has 3 aromatic rings. The van der Waals surface area contributed by atoms with E-state index in [2.05, 4.69) is 41.5 Å². The number of hydrogen-bond acceptors (Lipinski definition) is 5. The molecule has 1 saturated carbocycles. The molecule has 0 atom stereocenters. The minimum absolute atomic E-state index is 0.329. The van der Waals surface area contributed by atoms with Crippen LogP contribution >= 0.6 is 15.9 Å². The molecule has 2 heterocycles. The van der Waals surface area contributed by atoms with Crippen LogP contribution in [0.4, 0.5) is 21.8 Å². The van der Waals surface area contributed by atoms with Gasteiger partial charge in [-0.3, -0.25) is 4.98 Å². The lowest BCUT2D eigenvalue weighted by Crippen LogP contribution is -2.07. The number of anilines is 3. The van der Waals surface area contributed by atoms with Crippen molar-refractivity contribution in [2.24, 2.45) is 0 Å². The van der Waals surface area contributed by atoms with Gasteiger partial charge in [0.05, 0.1) is 10.2 Å². The third-order valence-corrected chi connectivity index (χ3v) is 4.45. The van der Waals surface area contributed by atoms with E-state index in [-0.39, 0.29) is 5.82 Å². The van der Waals surface area contributed by atoms with Crippen LogP contribution in [0, 0.1) is 5.82 Å². The first kappa shape index (κ1) is 16.0. The van der Waals surface area contributed by atoms with Gasteiger partial charge < -0.3 is 10.6 Å². The van der Waals surface area contributed by atoms with Crippen molar-refractivity contribution in [3.05, 3.63) is 59.1 Å². The average molecular weight is 400 g/mol. The Kier molecular flexibility index (Phi) is 4.31. The van der Waals surface area contributed by atoms with Crippen molar-refractivity contribution in [1.29, 1.82) is 0 Å². The predicted octanol–water partition coefficient (Wildman–Crippen LogP) is 4.76. The van der Waals surface area contributed by atoms with Gasteiger partial charge in [-0.05, 0) is 59.1 Å². The highest BCUT2D eigenvalue weighted by atomic mass is 79.9. The van der Waals surface area contributed by atoms with E-state index in [0.717, 1.165) is 24.1 Å². The monoisotopic (exact) mass is 399 g/mol. The molecule has 0 aliphatic heterocycles. The highest BCUT2D eigenvalue weighted by molar-refractivity contribution is 9.10. The first-order valence-electron chi connectivity index (χ1n) is 7.95. The van der Waals surface area contributed by atoms with E-state index in [1.165, 1.54) is 6.07 Å². The maximum atomic E-state index is 13.7. The SMILES string of the molecule is Fc1cc(Nc2cc(-c3ccncc3)nc(NC3CC3)n2)ccc1Br. The van der Waals surface area contributed by atoms with E-state index in [1.807, 2.05) is 18.2 Å². The zero-order chi connectivity index (χ0) is 17.2. The lowest BCUT2D eigenvalue weighted by molar-refractivity contribution is 0.622. The van der Waals surface area contributed by atoms with E-state index in [9.17, 15) is 4.39 Å². The Morgan fingerprint density at radius 1 is 1.04 bits per heavy atom. The molecule has 126 valence electrons. The summed E-state index contributed by atoms with van der Waals surface area (Å²) in [6.07, 6.45) is 5.71. The van der Waals surface area contributed by atoms with Crippen LogP contribution in [0.5, 0.6) is 0 Å². The molecule has 0 saturated heterocycles. The van der Waals surface area contributed by atoms with Crippen LogP contribution in [0.2, 0.25) is 0 Å². The average Bonchev–Trinajstić information content (AvgIpc) is 3.43. The van der Waals surface area contributed by atoms with Crippen molar-refractivity contribution in [3.63, 3.8) is 0 Å². The summed E-state index contributed by atoms with van der Waals surface area (Å²) in [6.45, 7) is 0. The van der Waals surface area contributed by atoms with Gasteiger partial charge in [-0.15, -0.1) is 0 Å². The highest BCUT2D eigenvalue weighted by Crippen LogP contribution is 2.28. The number of benzene rings is 1. The maximum Gasteiger partial charge on any atom is 0.225 e. The van der Waals surface area contributed by atoms with Crippen molar-refractivity contribution in [3.8, 4) is 11.3 Å². The molecule has 0 spiro atoms. The number of nitrogens with zero attached hydrogens (tertiary/aromatic N) is 3. The van der Waals surface area contributed by atoms with Gasteiger partial charge in [0.1, 0.15) is 11.6 Å². The topological polar surface area (TPSA) is 62.7 Å². The molecular formula is C18H15BrFN5. The van der Waals surface area contributed by atoms with Crippen LogP contribution < -0.4 is 10.6 Å². The van der Waals surface area contributed by atoms with Crippen molar-refractivity contribution in [1.82, 2.24) is 15.0 Å². The third kappa shape index (κ3) is 3.93. The fraction of sp³-hybridized carbons (Fsp3) is 0.167. The smallest absolute Gasteiger partial charge is 0.225 e. The minimum Gasteiger partial charge on any atom is -0.351 e. The fourth-order valence-corrected chi connectivity index (χ4v) is 2.63. The molecule has 2 N–H and O–H groups in total. The summed E-state index contributed by atoms with van der Waals surface area (Å²) in [4.78, 5) is 13.1. The summed E-state index contributed by atoms with van der Waals surface area (Å²) in [5.74, 6) is 0.841. The Bertz CT molecular complexity index is 899. The second kappa shape index (κ2) is 6.76. The van der Waals surface area contributed by atoms with Crippen LogP contribution in [-0.4, -0.2) is 21.0 Å². The van der Waals surface area contributed by atoms with Crippen molar-refractivity contribution in [2.75, 3.05) is 10.6 Å². The fourth-order valence-electron chi connectivity index (χ4n) is 2.38. The van der Waals surface area contributed by atoms with Gasteiger partial charge in [0, 0.05) is 35.8 Å². The molecular weight excluding hydrogens is 385 g/mol. The number of pyridine rings is 1. The molecule has 1 aliphatic carbocycles. The van der Waals surface area contributed by atoms with Crippen LogP contribution in [0.3, 0.4) is 0 Å². The Labute approximate surface area is 152 Å². The summed E-state index contributed by atoms with van der Waals surface area (Å²) in [7, 11) is 0. The molecule has 0 unspecified atom stereocenters. The van der Waals surface area contributed by atoms with E-state index in [1.54, 1.807) is 24.5 Å². The van der Waals surface area contributed by atoms with Crippen LogP contribution in [-0.2, 0) is 0 Å². The molecule has 1 aromatic carbocycles. The highest BCUT2D eigenvalue weighted by Gasteiger charge is 2.22. The van der Waals surface area contributed by atoms with E-state index >= 15 is 0 Å². The van der Waals surface area contributed by atoms with Gasteiger partial charge in [-0.25, -0.2) is 9.37 Å². The van der Waals surface area contributed by atoms with Crippen LogP contribution in [0.15, 0.2) is 53.3 Å². The Morgan fingerprint density at radius 3 is 2.56 bits per heavy atom. The van der Waals surface area contributed by atoms with Gasteiger partial charge in [0.15, 0.2) is 0 Å². The molecule has 1 fully saturated rings. The van der Waals surface area contributed by atoms with Crippen molar-refractivity contribution < 1.29 is 4.39 Å². The molecule has 25 heavy (non-hydrogen) atoms.